The van der Waals surface area contributed by atoms with Crippen LogP contribution in [0.5, 0.6) is 5.75 Å². The molecule has 3 heteroatoms. The van der Waals surface area contributed by atoms with E-state index in [0.29, 0.717) is 19.4 Å². The van der Waals surface area contributed by atoms with Gasteiger partial charge >= 0.3 is 5.97 Å². The quantitative estimate of drug-likeness (QED) is 0.581. The fraction of sp³-hybridized carbons (Fsp3) is 0.500. The van der Waals surface area contributed by atoms with E-state index >= 15 is 0 Å². The summed E-state index contributed by atoms with van der Waals surface area (Å²) in [6, 6.07) is 10.2. The molecule has 0 atom stereocenters. The minimum absolute atomic E-state index is 0.178. The molecular formula is C14H19O3. The molecule has 0 aromatic heterocycles. The number of ether oxygens (including phenoxy) is 2. The molecule has 0 amide bonds. The summed E-state index contributed by atoms with van der Waals surface area (Å²) in [5.41, 5.74) is -0.410. The minimum Gasteiger partial charge on any atom is -0.494 e. The van der Waals surface area contributed by atoms with Crippen molar-refractivity contribution in [1.82, 2.24) is 0 Å². The third kappa shape index (κ3) is 6.61. The number of benzene rings is 1. The maximum Gasteiger partial charge on any atom is 0.306 e. The van der Waals surface area contributed by atoms with Gasteiger partial charge in [0.25, 0.3) is 0 Å². The van der Waals surface area contributed by atoms with Crippen LogP contribution in [0.2, 0.25) is 0 Å². The average molecular weight is 235 g/mol. The van der Waals surface area contributed by atoms with E-state index in [-0.39, 0.29) is 5.97 Å². The van der Waals surface area contributed by atoms with Crippen molar-refractivity contribution in [2.24, 2.45) is 0 Å². The van der Waals surface area contributed by atoms with E-state index in [1.165, 1.54) is 0 Å². The monoisotopic (exact) mass is 235 g/mol. The van der Waals surface area contributed by atoms with Crippen LogP contribution in [-0.2, 0) is 9.53 Å². The first kappa shape index (κ1) is 13.6. The molecule has 1 aromatic rings. The van der Waals surface area contributed by atoms with E-state index < -0.39 is 5.60 Å². The van der Waals surface area contributed by atoms with Crippen LogP contribution >= 0.6 is 0 Å². The van der Waals surface area contributed by atoms with Crippen LogP contribution in [0.25, 0.3) is 0 Å². The largest absolute Gasteiger partial charge is 0.494 e. The van der Waals surface area contributed by atoms with E-state index in [0.717, 1.165) is 5.75 Å². The first-order valence-electron chi connectivity index (χ1n) is 5.78. The lowest BCUT2D eigenvalue weighted by Crippen LogP contribution is -2.23. The van der Waals surface area contributed by atoms with Crippen LogP contribution in [0, 0.1) is 6.07 Å². The van der Waals surface area contributed by atoms with E-state index in [9.17, 15) is 4.79 Å². The highest BCUT2D eigenvalue weighted by atomic mass is 16.6. The summed E-state index contributed by atoms with van der Waals surface area (Å²) in [4.78, 5) is 11.4. The van der Waals surface area contributed by atoms with Gasteiger partial charge in [-0.1, -0.05) is 12.1 Å². The molecule has 3 nitrogen and oxygen atoms in total. The molecule has 1 rings (SSSR count). The van der Waals surface area contributed by atoms with Crippen molar-refractivity contribution in [3.8, 4) is 5.75 Å². The number of carbonyl (C=O) groups excluding carboxylic acids is 1. The van der Waals surface area contributed by atoms with Crippen molar-refractivity contribution in [3.05, 3.63) is 30.3 Å². The summed E-state index contributed by atoms with van der Waals surface area (Å²) in [6.45, 7) is 6.11. The van der Waals surface area contributed by atoms with E-state index in [2.05, 4.69) is 6.07 Å². The highest BCUT2D eigenvalue weighted by molar-refractivity contribution is 5.69. The summed E-state index contributed by atoms with van der Waals surface area (Å²) in [5, 5.41) is 0. The van der Waals surface area contributed by atoms with Crippen molar-refractivity contribution in [3.63, 3.8) is 0 Å². The second-order valence-electron chi connectivity index (χ2n) is 4.77. The summed E-state index contributed by atoms with van der Waals surface area (Å²) < 4.78 is 10.6. The fourth-order valence-electron chi connectivity index (χ4n) is 1.27. The Kier molecular flexibility index (Phi) is 5.01. The molecule has 0 aliphatic rings. The predicted molar refractivity (Wildman–Crippen MR) is 65.9 cm³/mol. The van der Waals surface area contributed by atoms with Crippen LogP contribution in [0.3, 0.4) is 0 Å². The average Bonchev–Trinajstić information content (AvgIpc) is 2.23. The molecule has 0 aliphatic heterocycles. The highest BCUT2D eigenvalue weighted by Gasteiger charge is 2.15. The van der Waals surface area contributed by atoms with Gasteiger partial charge in [-0.2, -0.15) is 0 Å². The Morgan fingerprint density at radius 3 is 2.53 bits per heavy atom. The Morgan fingerprint density at radius 2 is 1.94 bits per heavy atom. The van der Waals surface area contributed by atoms with E-state index in [1.54, 1.807) is 12.1 Å². The Labute approximate surface area is 103 Å². The maximum absolute atomic E-state index is 11.4. The smallest absolute Gasteiger partial charge is 0.306 e. The maximum atomic E-state index is 11.4. The van der Waals surface area contributed by atoms with Crippen LogP contribution < -0.4 is 4.74 Å². The van der Waals surface area contributed by atoms with Crippen molar-refractivity contribution in [2.45, 2.75) is 39.2 Å². The number of hydrogen-bond acceptors (Lipinski definition) is 3. The molecule has 1 radical (unpaired) electrons. The molecule has 0 saturated heterocycles. The van der Waals surface area contributed by atoms with Gasteiger partial charge in [-0.15, -0.1) is 0 Å². The van der Waals surface area contributed by atoms with Crippen molar-refractivity contribution < 1.29 is 14.3 Å². The SMILES string of the molecule is CC(C)(C)OC(=O)CCCOc1cc[c]cc1. The van der Waals surface area contributed by atoms with Crippen molar-refractivity contribution >= 4 is 5.97 Å². The molecule has 17 heavy (non-hydrogen) atoms. The molecular weight excluding hydrogens is 216 g/mol. The summed E-state index contributed by atoms with van der Waals surface area (Å²) >= 11 is 0. The zero-order valence-corrected chi connectivity index (χ0v) is 10.7. The van der Waals surface area contributed by atoms with Crippen molar-refractivity contribution in [1.29, 1.82) is 0 Å². The molecule has 0 spiro atoms. The topological polar surface area (TPSA) is 35.5 Å². The first-order valence-corrected chi connectivity index (χ1v) is 5.78. The summed E-state index contributed by atoms with van der Waals surface area (Å²) in [6.07, 6.45) is 1.05. The fourth-order valence-corrected chi connectivity index (χ4v) is 1.27. The molecule has 0 saturated carbocycles. The van der Waals surface area contributed by atoms with Gasteiger partial charge in [0.15, 0.2) is 0 Å². The van der Waals surface area contributed by atoms with Gasteiger partial charge in [-0.05, 0) is 45.4 Å². The lowest BCUT2D eigenvalue weighted by molar-refractivity contribution is -0.155. The van der Waals surface area contributed by atoms with Crippen molar-refractivity contribution in [2.75, 3.05) is 6.61 Å². The van der Waals surface area contributed by atoms with Gasteiger partial charge in [0.05, 0.1) is 6.61 Å². The molecule has 0 bridgehead atoms. The van der Waals surface area contributed by atoms with Gasteiger partial charge in [0, 0.05) is 6.42 Å². The van der Waals surface area contributed by atoms with E-state index in [1.807, 2.05) is 32.9 Å². The Bertz CT molecular complexity index is 338. The lowest BCUT2D eigenvalue weighted by Gasteiger charge is -2.19. The van der Waals surface area contributed by atoms with Gasteiger partial charge < -0.3 is 9.47 Å². The second kappa shape index (κ2) is 6.28. The Morgan fingerprint density at radius 1 is 1.29 bits per heavy atom. The normalized spacial score (nSPS) is 11.0. The van der Waals surface area contributed by atoms with Crippen LogP contribution in [0.1, 0.15) is 33.6 Å². The highest BCUT2D eigenvalue weighted by Crippen LogP contribution is 2.11. The second-order valence-corrected chi connectivity index (χ2v) is 4.77. The van der Waals surface area contributed by atoms with Gasteiger partial charge in [-0.25, -0.2) is 0 Å². The molecule has 0 unspecified atom stereocenters. The van der Waals surface area contributed by atoms with Crippen LogP contribution in [-0.4, -0.2) is 18.2 Å². The first-order chi connectivity index (χ1) is 7.97. The third-order valence-corrected chi connectivity index (χ3v) is 1.90. The van der Waals surface area contributed by atoms with Crippen LogP contribution in [0.15, 0.2) is 24.3 Å². The number of esters is 1. The van der Waals surface area contributed by atoms with E-state index in [4.69, 9.17) is 9.47 Å². The van der Waals surface area contributed by atoms with Gasteiger partial charge in [0.1, 0.15) is 11.4 Å². The van der Waals surface area contributed by atoms with Crippen LogP contribution in [0.4, 0.5) is 0 Å². The predicted octanol–water partition coefficient (Wildman–Crippen LogP) is 2.99. The third-order valence-electron chi connectivity index (χ3n) is 1.90. The van der Waals surface area contributed by atoms with Gasteiger partial charge in [0.2, 0.25) is 0 Å². The summed E-state index contributed by atoms with van der Waals surface area (Å²) in [5.74, 6) is 0.621. The number of rotatable bonds is 5. The Balaban J connectivity index is 2.14. The van der Waals surface area contributed by atoms with Gasteiger partial charge in [-0.3, -0.25) is 4.79 Å². The standard InChI is InChI=1S/C14H19O3/c1-14(2,3)17-13(15)10-7-11-16-12-8-5-4-6-9-12/h5-6,8-9H,7,10-11H2,1-3H3. The minimum atomic E-state index is -0.410. The molecule has 0 fully saturated rings. The summed E-state index contributed by atoms with van der Waals surface area (Å²) in [7, 11) is 0. The molecule has 0 heterocycles. The molecule has 93 valence electrons. The molecule has 0 aliphatic carbocycles. The zero-order chi connectivity index (χ0) is 12.7. The number of carbonyl (C=O) groups is 1. The zero-order valence-electron chi connectivity index (χ0n) is 10.7. The Hall–Kier alpha value is -1.51. The lowest BCUT2D eigenvalue weighted by atomic mass is 10.2. The molecule has 0 N–H and O–H groups in total. The number of hydrogen-bond donors (Lipinski definition) is 0. The molecule has 1 aromatic carbocycles.